The minimum absolute atomic E-state index is 0. The Balaban J connectivity index is 0.00000272. The van der Waals surface area contributed by atoms with Crippen LogP contribution in [0.3, 0.4) is 0 Å². The number of rotatable bonds is 6. The van der Waals surface area contributed by atoms with E-state index in [-0.39, 0.29) is 24.0 Å². The van der Waals surface area contributed by atoms with Gasteiger partial charge in [0.25, 0.3) is 0 Å². The van der Waals surface area contributed by atoms with E-state index in [0.717, 1.165) is 29.8 Å². The summed E-state index contributed by atoms with van der Waals surface area (Å²) < 4.78 is 5.64. The number of likely N-dealkylation sites (tertiary alicyclic amines) is 1. The van der Waals surface area contributed by atoms with Crippen LogP contribution in [0.2, 0.25) is 0 Å². The highest BCUT2D eigenvalue weighted by molar-refractivity contribution is 14.0. The van der Waals surface area contributed by atoms with Crippen LogP contribution in [0.15, 0.2) is 46.0 Å². The Morgan fingerprint density at radius 2 is 1.84 bits per heavy atom. The Morgan fingerprint density at radius 3 is 2.55 bits per heavy atom. The second-order valence-electron chi connectivity index (χ2n) is 8.45. The molecule has 2 fully saturated rings. The van der Waals surface area contributed by atoms with Crippen molar-refractivity contribution in [3.63, 3.8) is 0 Å². The van der Waals surface area contributed by atoms with Crippen molar-refractivity contribution in [1.29, 1.82) is 0 Å². The van der Waals surface area contributed by atoms with Crippen LogP contribution in [0, 0.1) is 0 Å². The minimum atomic E-state index is 0. The fourth-order valence-corrected chi connectivity index (χ4v) is 4.62. The number of nitrogens with one attached hydrogen (secondary N) is 2. The monoisotopic (exact) mass is 537 g/mol. The zero-order valence-electron chi connectivity index (χ0n) is 18.6. The molecule has 1 saturated carbocycles. The maximum absolute atomic E-state index is 5.64. The maximum Gasteiger partial charge on any atom is 0.226 e. The summed E-state index contributed by atoms with van der Waals surface area (Å²) in [6.07, 6.45) is 11.1. The summed E-state index contributed by atoms with van der Waals surface area (Å²) in [5.41, 5.74) is 1.83. The van der Waals surface area contributed by atoms with Crippen LogP contribution in [0.4, 0.5) is 0 Å². The average molecular weight is 537 g/mol. The average Bonchev–Trinajstić information content (AvgIpc) is 3.28. The molecule has 0 amide bonds. The summed E-state index contributed by atoms with van der Waals surface area (Å²) in [6.45, 7) is 5.86. The van der Waals surface area contributed by atoms with Gasteiger partial charge in [-0.25, -0.2) is 9.98 Å². The molecule has 2 aromatic rings. The van der Waals surface area contributed by atoms with Gasteiger partial charge in [0.1, 0.15) is 12.0 Å². The van der Waals surface area contributed by atoms with Gasteiger partial charge >= 0.3 is 0 Å². The number of nitrogens with zero attached hydrogens (tertiary/aromatic N) is 3. The molecule has 6 nitrogen and oxygen atoms in total. The third kappa shape index (κ3) is 6.94. The van der Waals surface area contributed by atoms with Crippen molar-refractivity contribution in [3.05, 3.63) is 42.3 Å². The first-order chi connectivity index (χ1) is 14.8. The van der Waals surface area contributed by atoms with E-state index in [1.807, 2.05) is 30.3 Å². The smallest absolute Gasteiger partial charge is 0.226 e. The molecule has 4 rings (SSSR count). The van der Waals surface area contributed by atoms with Gasteiger partial charge in [0.15, 0.2) is 5.96 Å². The van der Waals surface area contributed by atoms with Gasteiger partial charge in [-0.2, -0.15) is 0 Å². The van der Waals surface area contributed by atoms with E-state index >= 15 is 0 Å². The van der Waals surface area contributed by atoms with E-state index in [4.69, 9.17) is 9.41 Å². The van der Waals surface area contributed by atoms with Gasteiger partial charge in [-0.3, -0.25) is 0 Å². The summed E-state index contributed by atoms with van der Waals surface area (Å²) in [7, 11) is 0. The van der Waals surface area contributed by atoms with Crippen molar-refractivity contribution in [2.75, 3.05) is 19.6 Å². The number of guanidine groups is 1. The van der Waals surface area contributed by atoms with Crippen molar-refractivity contribution < 1.29 is 4.42 Å². The number of benzene rings is 1. The number of piperidine rings is 1. The van der Waals surface area contributed by atoms with Gasteiger partial charge in [-0.05, 0) is 44.7 Å². The number of hydrogen-bond acceptors (Lipinski definition) is 4. The van der Waals surface area contributed by atoms with Crippen LogP contribution >= 0.6 is 24.0 Å². The van der Waals surface area contributed by atoms with Crippen molar-refractivity contribution in [1.82, 2.24) is 20.5 Å². The highest BCUT2D eigenvalue weighted by atomic mass is 127. The van der Waals surface area contributed by atoms with Crippen LogP contribution in [-0.4, -0.2) is 47.6 Å². The quantitative estimate of drug-likeness (QED) is 0.315. The van der Waals surface area contributed by atoms with Gasteiger partial charge in [-0.1, -0.05) is 37.5 Å². The number of aromatic nitrogens is 1. The van der Waals surface area contributed by atoms with Gasteiger partial charge in [-0.15, -0.1) is 24.0 Å². The topological polar surface area (TPSA) is 65.7 Å². The van der Waals surface area contributed by atoms with E-state index in [9.17, 15) is 0 Å². The fourth-order valence-electron chi connectivity index (χ4n) is 4.62. The van der Waals surface area contributed by atoms with E-state index in [1.54, 1.807) is 6.26 Å². The lowest BCUT2D eigenvalue weighted by molar-refractivity contribution is 0.119. The number of hydrogen-bond donors (Lipinski definition) is 2. The lowest BCUT2D eigenvalue weighted by atomic mass is 9.92. The second-order valence-corrected chi connectivity index (χ2v) is 8.45. The first-order valence-corrected chi connectivity index (χ1v) is 11.6. The molecule has 7 heteroatoms. The lowest BCUT2D eigenvalue weighted by Crippen LogP contribution is -2.50. The molecule has 0 unspecified atom stereocenters. The first-order valence-electron chi connectivity index (χ1n) is 11.6. The molecule has 2 heterocycles. The predicted molar refractivity (Wildman–Crippen MR) is 137 cm³/mol. The minimum Gasteiger partial charge on any atom is -0.444 e. The predicted octanol–water partition coefficient (Wildman–Crippen LogP) is 4.81. The van der Waals surface area contributed by atoms with Crippen LogP contribution in [0.25, 0.3) is 11.5 Å². The normalized spacial score (nSPS) is 19.1. The molecule has 0 bridgehead atoms. The van der Waals surface area contributed by atoms with E-state index in [0.29, 0.717) is 18.5 Å². The Bertz CT molecular complexity index is 795. The summed E-state index contributed by atoms with van der Waals surface area (Å²) >= 11 is 0. The molecule has 0 radical (unpaired) electrons. The molecule has 1 aromatic carbocycles. The summed E-state index contributed by atoms with van der Waals surface area (Å²) in [4.78, 5) is 12.1. The van der Waals surface area contributed by atoms with Crippen LogP contribution < -0.4 is 10.6 Å². The molecule has 1 aliphatic carbocycles. The summed E-state index contributed by atoms with van der Waals surface area (Å²) in [5, 5.41) is 7.02. The van der Waals surface area contributed by atoms with Gasteiger partial charge in [0, 0.05) is 37.3 Å². The lowest BCUT2D eigenvalue weighted by Gasteiger charge is -2.39. The summed E-state index contributed by atoms with van der Waals surface area (Å²) in [5.74, 6) is 1.52. The van der Waals surface area contributed by atoms with Gasteiger partial charge in [0.05, 0.1) is 6.54 Å². The molecular formula is C24H36IN5O. The fraction of sp³-hybridized carbons (Fsp3) is 0.583. The molecule has 1 saturated heterocycles. The highest BCUT2D eigenvalue weighted by Crippen LogP contribution is 2.25. The highest BCUT2D eigenvalue weighted by Gasteiger charge is 2.26. The van der Waals surface area contributed by atoms with Crippen LogP contribution in [0.1, 0.15) is 57.6 Å². The Morgan fingerprint density at radius 1 is 1.10 bits per heavy atom. The first kappa shape index (κ1) is 24.0. The molecular weight excluding hydrogens is 501 g/mol. The molecule has 2 N–H and O–H groups in total. The van der Waals surface area contributed by atoms with Crippen molar-refractivity contribution in [2.24, 2.45) is 4.99 Å². The maximum atomic E-state index is 5.64. The Kier molecular flexibility index (Phi) is 9.64. The molecule has 1 aromatic heterocycles. The molecule has 0 atom stereocenters. The zero-order valence-corrected chi connectivity index (χ0v) is 20.9. The van der Waals surface area contributed by atoms with E-state index in [2.05, 4.69) is 27.4 Å². The summed E-state index contributed by atoms with van der Waals surface area (Å²) in [6, 6.07) is 11.3. The molecule has 170 valence electrons. The van der Waals surface area contributed by atoms with E-state index < -0.39 is 0 Å². The van der Waals surface area contributed by atoms with E-state index in [1.165, 1.54) is 58.0 Å². The zero-order chi connectivity index (χ0) is 20.6. The van der Waals surface area contributed by atoms with Crippen molar-refractivity contribution >= 4 is 29.9 Å². The number of oxazole rings is 1. The van der Waals surface area contributed by atoms with Crippen LogP contribution in [0.5, 0.6) is 0 Å². The Labute approximate surface area is 203 Å². The standard InChI is InChI=1S/C24H35N5O.HI/c1-2-25-24(26-17-21-18-30-23(27-21)19-9-5-3-6-10-19)28-20-13-15-29(16-14-20)22-11-7-4-8-12-22;/h3,5-6,9-10,18,20,22H,2,4,7-8,11-17H2,1H3,(H2,25,26,28);1H. The number of halogens is 1. The number of aliphatic imine (C=N–C) groups is 1. The van der Waals surface area contributed by atoms with Crippen molar-refractivity contribution in [3.8, 4) is 11.5 Å². The van der Waals surface area contributed by atoms with Crippen LogP contribution in [-0.2, 0) is 6.54 Å². The molecule has 0 spiro atoms. The third-order valence-electron chi connectivity index (χ3n) is 6.28. The third-order valence-corrected chi connectivity index (χ3v) is 6.28. The Hall–Kier alpha value is -1.61. The van der Waals surface area contributed by atoms with Gasteiger partial charge in [0.2, 0.25) is 5.89 Å². The largest absolute Gasteiger partial charge is 0.444 e. The second kappa shape index (κ2) is 12.4. The van der Waals surface area contributed by atoms with Crippen molar-refractivity contribution in [2.45, 2.75) is 70.5 Å². The van der Waals surface area contributed by atoms with Gasteiger partial charge < -0.3 is 20.0 Å². The molecule has 31 heavy (non-hydrogen) atoms. The molecule has 2 aliphatic rings. The SMILES string of the molecule is CCNC(=NCc1coc(-c2ccccc2)n1)NC1CCN(C2CCCCC2)CC1.I. The molecule has 1 aliphatic heterocycles.